The maximum Gasteiger partial charge on any atom is 0.128 e. The average molecular weight is 236 g/mol. The lowest BCUT2D eigenvalue weighted by Crippen LogP contribution is -2.30. The van der Waals surface area contributed by atoms with Crippen LogP contribution in [0.4, 0.5) is 4.39 Å². The van der Waals surface area contributed by atoms with Gasteiger partial charge in [0.15, 0.2) is 0 Å². The van der Waals surface area contributed by atoms with Crippen LogP contribution in [0.15, 0.2) is 18.2 Å². The van der Waals surface area contributed by atoms with Crippen molar-refractivity contribution in [1.82, 2.24) is 5.43 Å². The highest BCUT2D eigenvalue weighted by molar-refractivity contribution is 5.26. The second-order valence-electron chi connectivity index (χ2n) is 5.13. The number of rotatable bonds is 4. The molecule has 1 aromatic carbocycles. The molecule has 2 nitrogen and oxygen atoms in total. The summed E-state index contributed by atoms with van der Waals surface area (Å²) < 4.78 is 13.8. The van der Waals surface area contributed by atoms with Crippen LogP contribution in [0.5, 0.6) is 0 Å². The third kappa shape index (κ3) is 3.05. The number of hydrogen-bond acceptors (Lipinski definition) is 2. The van der Waals surface area contributed by atoms with E-state index in [1.807, 2.05) is 13.0 Å². The Hall–Kier alpha value is -0.930. The Balaban J connectivity index is 2.13. The SMILES string of the molecule is Cc1ccc(F)c(C(CC2CCCC2)NN)c1. The predicted octanol–water partition coefficient (Wildman–Crippen LogP) is 3.22. The van der Waals surface area contributed by atoms with Gasteiger partial charge in [0, 0.05) is 11.6 Å². The number of nitrogens with one attached hydrogen (secondary N) is 1. The van der Waals surface area contributed by atoms with Crippen LogP contribution in [0.3, 0.4) is 0 Å². The molecular weight excluding hydrogens is 215 g/mol. The van der Waals surface area contributed by atoms with E-state index in [4.69, 9.17) is 5.84 Å². The van der Waals surface area contributed by atoms with E-state index in [1.165, 1.54) is 31.7 Å². The topological polar surface area (TPSA) is 38.0 Å². The molecule has 0 aliphatic heterocycles. The summed E-state index contributed by atoms with van der Waals surface area (Å²) in [4.78, 5) is 0. The third-order valence-electron chi connectivity index (χ3n) is 3.77. The second kappa shape index (κ2) is 5.61. The maximum absolute atomic E-state index is 13.8. The Labute approximate surface area is 102 Å². The first-order valence-corrected chi connectivity index (χ1v) is 6.43. The molecule has 0 saturated heterocycles. The highest BCUT2D eigenvalue weighted by Crippen LogP contribution is 2.33. The van der Waals surface area contributed by atoms with Crippen LogP contribution in [0.25, 0.3) is 0 Å². The lowest BCUT2D eigenvalue weighted by molar-refractivity contribution is 0.390. The summed E-state index contributed by atoms with van der Waals surface area (Å²) >= 11 is 0. The molecule has 0 aromatic heterocycles. The summed E-state index contributed by atoms with van der Waals surface area (Å²) in [5, 5.41) is 0. The Morgan fingerprint density at radius 1 is 1.41 bits per heavy atom. The molecule has 0 amide bonds. The summed E-state index contributed by atoms with van der Waals surface area (Å²) in [5.74, 6) is 6.12. The minimum atomic E-state index is -0.156. The van der Waals surface area contributed by atoms with Gasteiger partial charge in [0.05, 0.1) is 0 Å². The van der Waals surface area contributed by atoms with Gasteiger partial charge in [-0.3, -0.25) is 11.3 Å². The zero-order valence-corrected chi connectivity index (χ0v) is 10.4. The highest BCUT2D eigenvalue weighted by Gasteiger charge is 2.22. The normalized spacial score (nSPS) is 18.5. The van der Waals surface area contributed by atoms with Crippen molar-refractivity contribution in [3.63, 3.8) is 0 Å². The number of benzene rings is 1. The lowest BCUT2D eigenvalue weighted by atomic mass is 9.93. The fraction of sp³-hybridized carbons (Fsp3) is 0.571. The summed E-state index contributed by atoms with van der Waals surface area (Å²) in [5.41, 5.74) is 4.56. The van der Waals surface area contributed by atoms with Crippen molar-refractivity contribution in [2.75, 3.05) is 0 Å². The molecule has 1 unspecified atom stereocenters. The highest BCUT2D eigenvalue weighted by atomic mass is 19.1. The number of nitrogens with two attached hydrogens (primary N) is 1. The molecule has 1 aromatic rings. The molecule has 1 saturated carbocycles. The quantitative estimate of drug-likeness (QED) is 0.622. The number of hydrogen-bond donors (Lipinski definition) is 2. The van der Waals surface area contributed by atoms with Crippen LogP contribution in [0.2, 0.25) is 0 Å². The van der Waals surface area contributed by atoms with Gasteiger partial charge < -0.3 is 0 Å². The number of halogens is 1. The molecule has 0 radical (unpaired) electrons. The molecule has 94 valence electrons. The van der Waals surface area contributed by atoms with Crippen molar-refractivity contribution < 1.29 is 4.39 Å². The fourth-order valence-electron chi connectivity index (χ4n) is 2.79. The van der Waals surface area contributed by atoms with Crippen molar-refractivity contribution in [3.8, 4) is 0 Å². The van der Waals surface area contributed by atoms with E-state index >= 15 is 0 Å². The molecule has 3 heteroatoms. The lowest BCUT2D eigenvalue weighted by Gasteiger charge is -2.21. The van der Waals surface area contributed by atoms with E-state index < -0.39 is 0 Å². The molecule has 1 atom stereocenters. The van der Waals surface area contributed by atoms with Crippen LogP contribution in [-0.2, 0) is 0 Å². The maximum atomic E-state index is 13.8. The zero-order valence-electron chi connectivity index (χ0n) is 10.4. The van der Waals surface area contributed by atoms with Gasteiger partial charge >= 0.3 is 0 Å². The summed E-state index contributed by atoms with van der Waals surface area (Å²) in [6.45, 7) is 1.98. The molecule has 1 aliphatic carbocycles. The van der Waals surface area contributed by atoms with Gasteiger partial charge in [-0.15, -0.1) is 0 Å². The minimum absolute atomic E-state index is 0.0574. The van der Waals surface area contributed by atoms with E-state index in [0.29, 0.717) is 11.5 Å². The van der Waals surface area contributed by atoms with E-state index in [9.17, 15) is 4.39 Å². The molecule has 3 N–H and O–H groups in total. The number of hydrazine groups is 1. The van der Waals surface area contributed by atoms with Gasteiger partial charge in [0.2, 0.25) is 0 Å². The summed E-state index contributed by atoms with van der Waals surface area (Å²) in [7, 11) is 0. The zero-order chi connectivity index (χ0) is 12.3. The Bertz CT molecular complexity index is 372. The van der Waals surface area contributed by atoms with Crippen LogP contribution < -0.4 is 11.3 Å². The first-order valence-electron chi connectivity index (χ1n) is 6.43. The van der Waals surface area contributed by atoms with Crippen molar-refractivity contribution in [3.05, 3.63) is 35.1 Å². The molecular formula is C14H21FN2. The summed E-state index contributed by atoms with van der Waals surface area (Å²) in [6, 6.07) is 5.17. The average Bonchev–Trinajstić information content (AvgIpc) is 2.82. The van der Waals surface area contributed by atoms with Gasteiger partial charge in [-0.25, -0.2) is 4.39 Å². The van der Waals surface area contributed by atoms with E-state index in [1.54, 1.807) is 6.07 Å². The van der Waals surface area contributed by atoms with Crippen molar-refractivity contribution >= 4 is 0 Å². The van der Waals surface area contributed by atoms with Gasteiger partial charge in [-0.1, -0.05) is 43.4 Å². The van der Waals surface area contributed by atoms with Crippen molar-refractivity contribution in [1.29, 1.82) is 0 Å². The molecule has 0 spiro atoms. The molecule has 17 heavy (non-hydrogen) atoms. The van der Waals surface area contributed by atoms with Gasteiger partial charge in [-0.2, -0.15) is 0 Å². The van der Waals surface area contributed by atoms with E-state index in [0.717, 1.165) is 12.0 Å². The van der Waals surface area contributed by atoms with Gasteiger partial charge in [0.1, 0.15) is 5.82 Å². The van der Waals surface area contributed by atoms with Gasteiger partial charge in [-0.05, 0) is 25.3 Å². The van der Waals surface area contributed by atoms with E-state index in [-0.39, 0.29) is 11.9 Å². The monoisotopic (exact) mass is 236 g/mol. The number of aryl methyl sites for hydroxylation is 1. The molecule has 2 rings (SSSR count). The first kappa shape index (κ1) is 12.5. The largest absolute Gasteiger partial charge is 0.271 e. The minimum Gasteiger partial charge on any atom is -0.271 e. The third-order valence-corrected chi connectivity index (χ3v) is 3.77. The van der Waals surface area contributed by atoms with Crippen molar-refractivity contribution in [2.24, 2.45) is 11.8 Å². The molecule has 1 fully saturated rings. The Morgan fingerprint density at radius 2 is 2.12 bits per heavy atom. The van der Waals surface area contributed by atoms with E-state index in [2.05, 4.69) is 5.43 Å². The molecule has 1 aliphatic rings. The Kier molecular flexibility index (Phi) is 4.13. The predicted molar refractivity (Wildman–Crippen MR) is 67.8 cm³/mol. The standard InChI is InChI=1S/C14H21FN2/c1-10-6-7-13(15)12(8-10)14(17-16)9-11-4-2-3-5-11/h6-8,11,14,17H,2-5,9,16H2,1H3. The Morgan fingerprint density at radius 3 is 2.76 bits per heavy atom. The molecule has 0 bridgehead atoms. The van der Waals surface area contributed by atoms with Gasteiger partial charge in [0.25, 0.3) is 0 Å². The first-order chi connectivity index (χ1) is 8.20. The fourth-order valence-corrected chi connectivity index (χ4v) is 2.79. The van der Waals surface area contributed by atoms with Crippen LogP contribution in [-0.4, -0.2) is 0 Å². The summed E-state index contributed by atoms with van der Waals surface area (Å²) in [6.07, 6.45) is 6.06. The molecule has 0 heterocycles. The van der Waals surface area contributed by atoms with Crippen LogP contribution in [0, 0.1) is 18.7 Å². The van der Waals surface area contributed by atoms with Crippen molar-refractivity contribution in [2.45, 2.75) is 45.1 Å². The second-order valence-corrected chi connectivity index (χ2v) is 5.13. The van der Waals surface area contributed by atoms with Crippen LogP contribution >= 0.6 is 0 Å². The van der Waals surface area contributed by atoms with Crippen LogP contribution in [0.1, 0.15) is 49.3 Å². The smallest absolute Gasteiger partial charge is 0.128 e.